The normalized spacial score (nSPS) is 21.6. The Bertz CT molecular complexity index is 1710. The van der Waals surface area contributed by atoms with Crippen molar-refractivity contribution in [1.82, 2.24) is 30.5 Å². The fourth-order valence-corrected chi connectivity index (χ4v) is 9.36. The molecule has 2 aliphatic heterocycles. The molecule has 4 rings (SSSR count). The lowest BCUT2D eigenvalue weighted by Crippen LogP contribution is -2.61. The van der Waals surface area contributed by atoms with E-state index in [9.17, 15) is 32.4 Å². The van der Waals surface area contributed by atoms with Crippen molar-refractivity contribution in [1.29, 1.82) is 0 Å². The number of benzene rings is 1. The van der Waals surface area contributed by atoms with Crippen LogP contribution in [0.1, 0.15) is 91.5 Å². The summed E-state index contributed by atoms with van der Waals surface area (Å²) < 4.78 is 28.4. The molecule has 13 nitrogen and oxygen atoms in total. The fraction of sp³-hybridized carbons (Fsp3) is 0.625. The van der Waals surface area contributed by atoms with E-state index in [1.54, 1.807) is 18.2 Å². The fourth-order valence-electron chi connectivity index (χ4n) is 7.71. The second-order valence-corrected chi connectivity index (χ2v) is 18.1. The van der Waals surface area contributed by atoms with Gasteiger partial charge in [-0.3, -0.25) is 19.2 Å². The maximum absolute atomic E-state index is 14.6. The summed E-state index contributed by atoms with van der Waals surface area (Å²) in [5.41, 5.74) is -0.0745. The predicted molar refractivity (Wildman–Crippen MR) is 206 cm³/mol. The molecule has 0 bridgehead atoms. The van der Waals surface area contributed by atoms with Crippen LogP contribution in [-0.4, -0.2) is 91.0 Å². The Morgan fingerprint density at radius 1 is 1.02 bits per heavy atom. The molecule has 5 amide bonds. The molecule has 0 aromatic heterocycles. The molecule has 2 heterocycles. The van der Waals surface area contributed by atoms with Crippen molar-refractivity contribution in [2.24, 2.45) is 23.2 Å². The maximum Gasteiger partial charge on any atom is 0.315 e. The minimum atomic E-state index is -3.74. The second-order valence-electron chi connectivity index (χ2n) is 16.2. The Kier molecular flexibility index (Phi) is 14.5. The Labute approximate surface area is 320 Å². The van der Waals surface area contributed by atoms with Gasteiger partial charge in [-0.2, -0.15) is 4.31 Å². The molecule has 1 saturated heterocycles. The van der Waals surface area contributed by atoms with Crippen LogP contribution in [0, 0.1) is 35.5 Å². The van der Waals surface area contributed by atoms with Crippen molar-refractivity contribution in [2.45, 2.75) is 122 Å². The number of Topliss-reactive ketones (excluding diaryl/α,β-unsaturated/α-hetero) is 1. The predicted octanol–water partition coefficient (Wildman–Crippen LogP) is 3.50. The first-order chi connectivity index (χ1) is 25.5. The number of fused-ring (bicyclic) bond motifs is 1. The molecule has 14 heteroatoms. The zero-order valence-electron chi connectivity index (χ0n) is 32.4. The molecule has 1 unspecified atom stereocenters. The summed E-state index contributed by atoms with van der Waals surface area (Å²) in [5, 5.41) is 11.1. The number of urea groups is 1. The van der Waals surface area contributed by atoms with Crippen LogP contribution in [0.4, 0.5) is 4.79 Å². The second kappa shape index (κ2) is 18.4. The smallest absolute Gasteiger partial charge is 0.315 e. The first-order valence-corrected chi connectivity index (χ1v) is 20.6. The van der Waals surface area contributed by atoms with E-state index in [1.165, 1.54) is 15.3 Å². The monoisotopic (exact) mass is 766 g/mol. The minimum Gasteiger partial charge on any atom is -0.346 e. The van der Waals surface area contributed by atoms with Crippen LogP contribution in [0.5, 0.6) is 0 Å². The number of terminal acetylenes is 1. The molecule has 1 saturated carbocycles. The summed E-state index contributed by atoms with van der Waals surface area (Å²) in [7, 11) is -3.74. The highest BCUT2D eigenvalue weighted by Gasteiger charge is 2.46. The summed E-state index contributed by atoms with van der Waals surface area (Å²) in [6.07, 6.45) is 12.1. The molecular formula is C40H58N6O7S. The topological polar surface area (TPSA) is 174 Å². The summed E-state index contributed by atoms with van der Waals surface area (Å²) in [6, 6.07) is 2.60. The quantitative estimate of drug-likeness (QED) is 0.120. The first kappa shape index (κ1) is 42.5. The number of hydrogen-bond acceptors (Lipinski definition) is 7. The molecule has 0 spiro atoms. The molecule has 1 aromatic rings. The molecule has 0 radical (unpaired) electrons. The highest BCUT2D eigenvalue weighted by atomic mass is 32.2. The minimum absolute atomic E-state index is 0.0379. The van der Waals surface area contributed by atoms with E-state index in [2.05, 4.69) is 33.8 Å². The van der Waals surface area contributed by atoms with E-state index in [0.29, 0.717) is 12.0 Å². The van der Waals surface area contributed by atoms with Gasteiger partial charge in [-0.05, 0) is 60.5 Å². The van der Waals surface area contributed by atoms with Crippen molar-refractivity contribution < 1.29 is 32.4 Å². The standard InChI is InChI=1S/C40H58N6O7S/c1-8-10-19-30(34(47)37(49)41-21-9-2)42-36(48)32-22-29(26(3)4)24-46(32)38(50)35(40(5,6)7)44-39(51)43-31(27-16-12-11-13-17-27)25-45-23-28-18-14-15-20-33(28)54(45,52)53/h1,9,14-15,18,20,26-27,29-32,35H,2,10-13,16-17,19,21-25H2,3-7H3,(H,41,49)(H,42,48)(H2,43,44,51)/t29-,30?,31-,32+,35-/m1/s1. The van der Waals surface area contributed by atoms with Crippen LogP contribution in [0.3, 0.4) is 0 Å². The number of likely N-dealkylation sites (tertiary alicyclic amines) is 1. The Morgan fingerprint density at radius 2 is 1.70 bits per heavy atom. The summed E-state index contributed by atoms with van der Waals surface area (Å²) in [6.45, 7) is 13.7. The molecule has 5 atom stereocenters. The molecule has 1 aromatic carbocycles. The van der Waals surface area contributed by atoms with Crippen molar-refractivity contribution in [2.75, 3.05) is 19.6 Å². The molecule has 3 aliphatic rings. The van der Waals surface area contributed by atoms with Gasteiger partial charge in [0.25, 0.3) is 5.91 Å². The lowest BCUT2D eigenvalue weighted by atomic mass is 9.83. The molecular weight excluding hydrogens is 709 g/mol. The Morgan fingerprint density at radius 3 is 2.31 bits per heavy atom. The van der Waals surface area contributed by atoms with Gasteiger partial charge in [0.2, 0.25) is 27.6 Å². The van der Waals surface area contributed by atoms with E-state index >= 15 is 0 Å². The number of nitrogens with zero attached hydrogens (tertiary/aromatic N) is 2. The van der Waals surface area contributed by atoms with Gasteiger partial charge < -0.3 is 26.2 Å². The number of nitrogens with one attached hydrogen (secondary N) is 4. The van der Waals surface area contributed by atoms with Crippen LogP contribution < -0.4 is 21.3 Å². The van der Waals surface area contributed by atoms with Crippen molar-refractivity contribution in [3.8, 4) is 12.3 Å². The highest BCUT2D eigenvalue weighted by Crippen LogP contribution is 2.34. The Hall–Kier alpha value is -4.22. The third-order valence-electron chi connectivity index (χ3n) is 11.0. The average Bonchev–Trinajstić information content (AvgIpc) is 3.69. The number of hydrogen-bond donors (Lipinski definition) is 4. The summed E-state index contributed by atoms with van der Waals surface area (Å²) in [4.78, 5) is 69.8. The van der Waals surface area contributed by atoms with E-state index in [0.717, 1.165) is 32.1 Å². The van der Waals surface area contributed by atoms with Crippen molar-refractivity contribution >= 4 is 39.6 Å². The number of carbonyl (C=O) groups is 5. The van der Waals surface area contributed by atoms with E-state index in [-0.39, 0.29) is 61.7 Å². The third kappa shape index (κ3) is 10.3. The van der Waals surface area contributed by atoms with E-state index in [4.69, 9.17) is 6.42 Å². The Balaban J connectivity index is 1.54. The lowest BCUT2D eigenvalue weighted by Gasteiger charge is -2.37. The van der Waals surface area contributed by atoms with Crippen LogP contribution in [0.2, 0.25) is 0 Å². The average molecular weight is 767 g/mol. The van der Waals surface area contributed by atoms with Gasteiger partial charge in [0.05, 0.1) is 10.9 Å². The van der Waals surface area contributed by atoms with Crippen molar-refractivity contribution in [3.63, 3.8) is 0 Å². The van der Waals surface area contributed by atoms with Gasteiger partial charge in [0, 0.05) is 38.6 Å². The SMILES string of the molecule is C#CCCC(NC(=O)[C@@H]1C[C@@H](C(C)C)CN1C(=O)[C@@H](NC(=O)N[C@H](CN1Cc2ccccc2S1(=O)=O)C1CCCCC1)C(C)(C)C)C(=O)C(=O)NCC=C. The van der Waals surface area contributed by atoms with Gasteiger partial charge in [-0.25, -0.2) is 13.2 Å². The highest BCUT2D eigenvalue weighted by molar-refractivity contribution is 7.89. The molecule has 4 N–H and O–H groups in total. The first-order valence-electron chi connectivity index (χ1n) is 19.1. The third-order valence-corrected chi connectivity index (χ3v) is 12.9. The van der Waals surface area contributed by atoms with Gasteiger partial charge in [-0.1, -0.05) is 78.2 Å². The van der Waals surface area contributed by atoms with Gasteiger partial charge >= 0.3 is 6.03 Å². The van der Waals surface area contributed by atoms with E-state index in [1.807, 2.05) is 40.7 Å². The van der Waals surface area contributed by atoms with E-state index < -0.39 is 69.1 Å². The summed E-state index contributed by atoms with van der Waals surface area (Å²) in [5.74, 6) is -0.190. The number of amides is 5. The van der Waals surface area contributed by atoms with Crippen molar-refractivity contribution in [3.05, 3.63) is 42.5 Å². The number of ketones is 1. The zero-order chi connectivity index (χ0) is 39.8. The number of sulfonamides is 1. The molecule has 296 valence electrons. The van der Waals surface area contributed by atoms with Crippen LogP contribution >= 0.6 is 0 Å². The zero-order valence-corrected chi connectivity index (χ0v) is 33.2. The lowest BCUT2D eigenvalue weighted by molar-refractivity contribution is -0.143. The van der Waals surface area contributed by atoms with Gasteiger partial charge in [-0.15, -0.1) is 18.9 Å². The van der Waals surface area contributed by atoms with Gasteiger partial charge in [0.15, 0.2) is 0 Å². The number of carbonyl (C=O) groups excluding carboxylic acids is 5. The van der Waals surface area contributed by atoms with Crippen LogP contribution in [0.15, 0.2) is 41.8 Å². The van der Waals surface area contributed by atoms with Crippen LogP contribution in [-0.2, 0) is 35.7 Å². The maximum atomic E-state index is 14.6. The molecule has 1 aliphatic carbocycles. The molecule has 2 fully saturated rings. The van der Waals surface area contributed by atoms with Gasteiger partial charge in [0.1, 0.15) is 12.1 Å². The largest absolute Gasteiger partial charge is 0.346 e. The molecule has 54 heavy (non-hydrogen) atoms. The van der Waals surface area contributed by atoms with Crippen LogP contribution in [0.25, 0.3) is 0 Å². The summed E-state index contributed by atoms with van der Waals surface area (Å²) >= 11 is 0. The number of rotatable bonds is 15.